The minimum Gasteiger partial charge on any atom is -0.229 e. The summed E-state index contributed by atoms with van der Waals surface area (Å²) in [7, 11) is -6.82. The minimum atomic E-state index is -3.54. The van der Waals surface area contributed by atoms with Crippen LogP contribution in [-0.4, -0.2) is 28.3 Å². The van der Waals surface area contributed by atoms with Gasteiger partial charge in [0.1, 0.15) is 0 Å². The van der Waals surface area contributed by atoms with Crippen LogP contribution in [0.15, 0.2) is 28.5 Å². The summed E-state index contributed by atoms with van der Waals surface area (Å²) < 4.78 is 46.9. The smallest absolute Gasteiger partial charge is 0.200 e. The molecule has 0 spiro atoms. The predicted molar refractivity (Wildman–Crippen MR) is 70.9 cm³/mol. The van der Waals surface area contributed by atoms with E-state index < -0.39 is 19.7 Å². The van der Waals surface area contributed by atoms with Crippen LogP contribution >= 0.6 is 11.6 Å². The van der Waals surface area contributed by atoms with E-state index in [1.165, 1.54) is 25.1 Å². The van der Waals surface area contributed by atoms with Crippen molar-refractivity contribution in [2.75, 3.05) is 11.5 Å². The molecule has 0 unspecified atom stereocenters. The van der Waals surface area contributed by atoms with Crippen molar-refractivity contribution in [3.8, 4) is 0 Å². The Morgan fingerprint density at radius 3 is 2.56 bits per heavy atom. The number of sulfone groups is 2. The molecular formula is C11H11ClO4S2. The van der Waals surface area contributed by atoms with Gasteiger partial charge in [-0.05, 0) is 29.3 Å². The molecule has 0 saturated heterocycles. The van der Waals surface area contributed by atoms with Gasteiger partial charge in [-0.3, -0.25) is 0 Å². The molecule has 0 aromatic heterocycles. The number of halogens is 1. The maximum absolute atomic E-state index is 11.8. The Bertz CT molecular complexity index is 730. The number of hydrogen-bond donors (Lipinski definition) is 0. The van der Waals surface area contributed by atoms with Crippen LogP contribution in [-0.2, 0) is 19.7 Å². The fourth-order valence-electron chi connectivity index (χ4n) is 1.77. The van der Waals surface area contributed by atoms with Crippen molar-refractivity contribution in [3.05, 3.63) is 34.2 Å². The summed E-state index contributed by atoms with van der Waals surface area (Å²) in [5.41, 5.74) is 0.675. The zero-order valence-electron chi connectivity index (χ0n) is 9.55. The average molecular weight is 307 g/mol. The molecule has 0 amide bonds. The molecule has 7 heteroatoms. The Balaban J connectivity index is 2.57. The highest BCUT2D eigenvalue weighted by atomic mass is 35.5. The molecule has 1 aromatic carbocycles. The lowest BCUT2D eigenvalue weighted by Gasteiger charge is -2.05. The van der Waals surface area contributed by atoms with Gasteiger partial charge in [-0.1, -0.05) is 18.5 Å². The molecule has 0 aliphatic carbocycles. The van der Waals surface area contributed by atoms with Gasteiger partial charge in [0.15, 0.2) is 9.84 Å². The van der Waals surface area contributed by atoms with Crippen LogP contribution in [0.4, 0.5) is 0 Å². The van der Waals surface area contributed by atoms with E-state index in [1.807, 2.05) is 0 Å². The Hall–Kier alpha value is -0.850. The Kier molecular flexibility index (Phi) is 3.29. The zero-order chi connectivity index (χ0) is 13.6. The van der Waals surface area contributed by atoms with Gasteiger partial charge in [0, 0.05) is 16.2 Å². The van der Waals surface area contributed by atoms with Crippen LogP contribution in [0.2, 0.25) is 5.02 Å². The molecule has 1 heterocycles. The number of rotatable bonds is 3. The van der Waals surface area contributed by atoms with E-state index >= 15 is 0 Å². The third-order valence-corrected chi connectivity index (χ3v) is 6.14. The standard InChI is InChI=1S/C11H11ClO4S2/c1-2-17(13,14)6-8-7-18(15,16)11-4-3-9(12)5-10(8)11/h3-5,7H,2,6H2,1H3. The van der Waals surface area contributed by atoms with E-state index in [-0.39, 0.29) is 22.0 Å². The van der Waals surface area contributed by atoms with Crippen molar-refractivity contribution in [1.82, 2.24) is 0 Å². The van der Waals surface area contributed by atoms with Crippen LogP contribution in [0.1, 0.15) is 12.5 Å². The third kappa shape index (κ3) is 2.46. The first-order chi connectivity index (χ1) is 8.25. The van der Waals surface area contributed by atoms with Gasteiger partial charge in [-0.25, -0.2) is 16.8 Å². The second-order valence-electron chi connectivity index (χ2n) is 4.01. The van der Waals surface area contributed by atoms with Crippen LogP contribution in [0.5, 0.6) is 0 Å². The molecule has 0 radical (unpaired) electrons. The fourth-order valence-corrected chi connectivity index (χ4v) is 4.43. The van der Waals surface area contributed by atoms with Crippen LogP contribution in [0, 0.1) is 0 Å². The van der Waals surface area contributed by atoms with E-state index in [0.717, 1.165) is 5.41 Å². The van der Waals surface area contributed by atoms with Crippen molar-refractivity contribution in [3.63, 3.8) is 0 Å². The van der Waals surface area contributed by atoms with Crippen molar-refractivity contribution in [2.24, 2.45) is 0 Å². The molecule has 1 aromatic rings. The summed E-state index contributed by atoms with van der Waals surface area (Å²) in [6.45, 7) is 1.53. The Morgan fingerprint density at radius 2 is 1.94 bits per heavy atom. The monoisotopic (exact) mass is 306 g/mol. The summed E-state index contributed by atoms with van der Waals surface area (Å²) >= 11 is 5.82. The van der Waals surface area contributed by atoms with Gasteiger partial charge < -0.3 is 0 Å². The molecular weight excluding hydrogens is 296 g/mol. The highest BCUT2D eigenvalue weighted by Crippen LogP contribution is 2.35. The molecule has 0 atom stereocenters. The lowest BCUT2D eigenvalue weighted by atomic mass is 10.1. The van der Waals surface area contributed by atoms with Gasteiger partial charge in [0.2, 0.25) is 9.84 Å². The fraction of sp³-hybridized carbons (Fsp3) is 0.273. The van der Waals surface area contributed by atoms with Gasteiger partial charge >= 0.3 is 0 Å². The SMILES string of the molecule is CCS(=O)(=O)CC1=CS(=O)(=O)c2ccc(Cl)cc21. The molecule has 1 aliphatic rings. The normalized spacial score (nSPS) is 17.3. The van der Waals surface area contributed by atoms with Crippen LogP contribution in [0.3, 0.4) is 0 Å². The van der Waals surface area contributed by atoms with Crippen LogP contribution < -0.4 is 0 Å². The van der Waals surface area contributed by atoms with Gasteiger partial charge in [0.25, 0.3) is 0 Å². The highest BCUT2D eigenvalue weighted by molar-refractivity contribution is 7.95. The second-order valence-corrected chi connectivity index (χ2v) is 8.56. The Labute approximate surface area is 111 Å². The number of fused-ring (bicyclic) bond motifs is 1. The number of benzene rings is 1. The molecule has 0 bridgehead atoms. The van der Waals surface area contributed by atoms with E-state index in [2.05, 4.69) is 0 Å². The molecule has 1 aliphatic heterocycles. The zero-order valence-corrected chi connectivity index (χ0v) is 11.9. The van der Waals surface area contributed by atoms with Crippen molar-refractivity contribution in [1.29, 1.82) is 0 Å². The molecule has 0 fully saturated rings. The molecule has 98 valence electrons. The summed E-state index contributed by atoms with van der Waals surface area (Å²) in [4.78, 5) is 0.119. The number of hydrogen-bond acceptors (Lipinski definition) is 4. The lowest BCUT2D eigenvalue weighted by molar-refractivity contribution is 0.600. The summed E-state index contributed by atoms with van der Waals surface area (Å²) in [6.07, 6.45) is 0. The van der Waals surface area contributed by atoms with Gasteiger partial charge in [-0.15, -0.1) is 0 Å². The van der Waals surface area contributed by atoms with Crippen molar-refractivity contribution >= 4 is 36.8 Å². The molecule has 0 saturated carbocycles. The first kappa shape index (κ1) is 13.6. The van der Waals surface area contributed by atoms with E-state index in [9.17, 15) is 16.8 Å². The first-order valence-electron chi connectivity index (χ1n) is 5.21. The molecule has 0 N–H and O–H groups in total. The summed E-state index contributed by atoms with van der Waals surface area (Å²) in [6, 6.07) is 4.36. The highest BCUT2D eigenvalue weighted by Gasteiger charge is 2.29. The first-order valence-corrected chi connectivity index (χ1v) is 8.96. The van der Waals surface area contributed by atoms with E-state index in [0.29, 0.717) is 10.6 Å². The summed E-state index contributed by atoms with van der Waals surface area (Å²) in [5, 5.41) is 1.40. The molecule has 2 rings (SSSR count). The minimum absolute atomic E-state index is 0.0275. The third-order valence-electron chi connectivity index (χ3n) is 2.71. The molecule has 4 nitrogen and oxygen atoms in total. The van der Waals surface area contributed by atoms with E-state index in [4.69, 9.17) is 11.6 Å². The van der Waals surface area contributed by atoms with Crippen LogP contribution in [0.25, 0.3) is 5.57 Å². The average Bonchev–Trinajstić information content (AvgIpc) is 2.49. The molecule has 18 heavy (non-hydrogen) atoms. The lowest BCUT2D eigenvalue weighted by Crippen LogP contribution is -2.09. The largest absolute Gasteiger partial charge is 0.229 e. The van der Waals surface area contributed by atoms with Gasteiger partial charge in [0.05, 0.1) is 10.6 Å². The van der Waals surface area contributed by atoms with Gasteiger partial charge in [-0.2, -0.15) is 0 Å². The maximum Gasteiger partial charge on any atom is 0.200 e. The van der Waals surface area contributed by atoms with Crippen molar-refractivity contribution in [2.45, 2.75) is 11.8 Å². The van der Waals surface area contributed by atoms with E-state index in [1.54, 1.807) is 0 Å². The quantitative estimate of drug-likeness (QED) is 0.855. The van der Waals surface area contributed by atoms with Crippen molar-refractivity contribution < 1.29 is 16.8 Å². The second kappa shape index (κ2) is 4.36. The maximum atomic E-state index is 11.8. The predicted octanol–water partition coefficient (Wildman–Crippen LogP) is 1.90. The summed E-state index contributed by atoms with van der Waals surface area (Å²) in [5.74, 6) is -0.309. The Morgan fingerprint density at radius 1 is 1.28 bits per heavy atom. The topological polar surface area (TPSA) is 68.3 Å².